The molecule has 0 aliphatic rings. The van der Waals surface area contributed by atoms with Gasteiger partial charge in [0.05, 0.1) is 6.21 Å². The van der Waals surface area contributed by atoms with Gasteiger partial charge in [0.2, 0.25) is 5.91 Å². The van der Waals surface area contributed by atoms with Crippen molar-refractivity contribution in [2.45, 2.75) is 32.6 Å². The summed E-state index contributed by atoms with van der Waals surface area (Å²) in [6, 6.07) is 1.96. The summed E-state index contributed by atoms with van der Waals surface area (Å²) in [5.74, 6) is -0.00469. The highest BCUT2D eigenvalue weighted by Gasteiger charge is 1.97. The zero-order chi connectivity index (χ0) is 10.9. The molecule has 0 aliphatic heterocycles. The summed E-state index contributed by atoms with van der Waals surface area (Å²) in [6.07, 6.45) is 5.40. The van der Waals surface area contributed by atoms with Crippen molar-refractivity contribution in [3.05, 3.63) is 22.4 Å². The van der Waals surface area contributed by atoms with Crippen LogP contribution in [0.2, 0.25) is 0 Å². The Morgan fingerprint density at radius 1 is 1.60 bits per heavy atom. The lowest BCUT2D eigenvalue weighted by atomic mass is 10.2. The van der Waals surface area contributed by atoms with Crippen molar-refractivity contribution in [1.82, 2.24) is 5.43 Å². The number of hydrogen-bond acceptors (Lipinski definition) is 3. The van der Waals surface area contributed by atoms with Crippen LogP contribution in [0.15, 0.2) is 21.9 Å². The van der Waals surface area contributed by atoms with Gasteiger partial charge in [-0.3, -0.25) is 4.79 Å². The maximum atomic E-state index is 11.2. The molecule has 1 heterocycles. The number of rotatable bonds is 6. The Labute approximate surface area is 94.2 Å². The molecule has 0 aromatic carbocycles. The monoisotopic (exact) mass is 224 g/mol. The van der Waals surface area contributed by atoms with Crippen LogP contribution in [-0.2, 0) is 4.79 Å². The van der Waals surface area contributed by atoms with Crippen molar-refractivity contribution >= 4 is 23.5 Å². The fourth-order valence-electron chi connectivity index (χ4n) is 1.12. The van der Waals surface area contributed by atoms with Crippen molar-refractivity contribution in [1.29, 1.82) is 0 Å². The van der Waals surface area contributed by atoms with Crippen LogP contribution in [0, 0.1) is 0 Å². The highest BCUT2D eigenvalue weighted by molar-refractivity contribution is 7.08. The van der Waals surface area contributed by atoms with Gasteiger partial charge in [0.1, 0.15) is 0 Å². The van der Waals surface area contributed by atoms with E-state index in [-0.39, 0.29) is 5.91 Å². The van der Waals surface area contributed by atoms with Crippen molar-refractivity contribution in [2.75, 3.05) is 0 Å². The maximum absolute atomic E-state index is 11.2. The van der Waals surface area contributed by atoms with Crippen LogP contribution in [0.25, 0.3) is 0 Å². The molecule has 0 spiro atoms. The second-order valence-corrected chi connectivity index (χ2v) is 4.09. The van der Waals surface area contributed by atoms with Crippen molar-refractivity contribution in [2.24, 2.45) is 5.10 Å². The van der Waals surface area contributed by atoms with Gasteiger partial charge >= 0.3 is 0 Å². The molecule has 1 aromatic heterocycles. The first-order valence-electron chi connectivity index (χ1n) is 5.17. The number of carbonyl (C=O) groups excluding carboxylic acids is 1. The number of thiophene rings is 1. The summed E-state index contributed by atoms with van der Waals surface area (Å²) < 4.78 is 0. The Hall–Kier alpha value is -1.16. The van der Waals surface area contributed by atoms with Gasteiger partial charge in [0, 0.05) is 12.0 Å². The van der Waals surface area contributed by atoms with Crippen LogP contribution in [0.1, 0.15) is 38.2 Å². The van der Waals surface area contributed by atoms with E-state index in [0.717, 1.165) is 24.8 Å². The number of unbranched alkanes of at least 4 members (excludes halogenated alkanes) is 2. The molecule has 1 N–H and O–H groups in total. The molecule has 15 heavy (non-hydrogen) atoms. The van der Waals surface area contributed by atoms with E-state index in [1.165, 1.54) is 0 Å². The van der Waals surface area contributed by atoms with Crippen LogP contribution in [0.4, 0.5) is 0 Å². The maximum Gasteiger partial charge on any atom is 0.240 e. The SMILES string of the molecule is CCCCCC(=O)NN=Cc1ccsc1. The molecule has 3 nitrogen and oxygen atoms in total. The molecule has 0 fully saturated rings. The van der Waals surface area contributed by atoms with E-state index in [1.807, 2.05) is 16.8 Å². The first-order chi connectivity index (χ1) is 7.33. The van der Waals surface area contributed by atoms with Crippen LogP contribution in [-0.4, -0.2) is 12.1 Å². The molecule has 1 rings (SSSR count). The van der Waals surface area contributed by atoms with Gasteiger partial charge in [0.15, 0.2) is 0 Å². The van der Waals surface area contributed by atoms with E-state index in [1.54, 1.807) is 17.6 Å². The molecule has 0 saturated carbocycles. The standard InChI is InChI=1S/C11H16N2OS/c1-2-3-4-5-11(14)13-12-8-10-6-7-15-9-10/h6-9H,2-5H2,1H3,(H,13,14). The van der Waals surface area contributed by atoms with Gasteiger partial charge < -0.3 is 0 Å². The summed E-state index contributed by atoms with van der Waals surface area (Å²) in [6.45, 7) is 2.12. The molecule has 0 atom stereocenters. The first kappa shape index (κ1) is 11.9. The summed E-state index contributed by atoms with van der Waals surface area (Å²) in [5, 5.41) is 7.83. The predicted octanol–water partition coefficient (Wildman–Crippen LogP) is 2.78. The van der Waals surface area contributed by atoms with Gasteiger partial charge in [-0.25, -0.2) is 5.43 Å². The zero-order valence-corrected chi connectivity index (χ0v) is 9.72. The second-order valence-electron chi connectivity index (χ2n) is 3.31. The van der Waals surface area contributed by atoms with E-state index in [2.05, 4.69) is 17.5 Å². The normalized spacial score (nSPS) is 10.7. The largest absolute Gasteiger partial charge is 0.273 e. The molecule has 4 heteroatoms. The van der Waals surface area contributed by atoms with Crippen molar-refractivity contribution < 1.29 is 4.79 Å². The highest BCUT2D eigenvalue weighted by atomic mass is 32.1. The zero-order valence-electron chi connectivity index (χ0n) is 8.90. The highest BCUT2D eigenvalue weighted by Crippen LogP contribution is 2.02. The van der Waals surface area contributed by atoms with Gasteiger partial charge in [-0.15, -0.1) is 0 Å². The molecule has 1 amide bonds. The number of hydrazone groups is 1. The minimum Gasteiger partial charge on any atom is -0.273 e. The van der Waals surface area contributed by atoms with E-state index in [0.29, 0.717) is 6.42 Å². The Morgan fingerprint density at radius 2 is 2.47 bits per heavy atom. The fraction of sp³-hybridized carbons (Fsp3) is 0.455. The number of nitrogens with zero attached hydrogens (tertiary/aromatic N) is 1. The lowest BCUT2D eigenvalue weighted by molar-refractivity contribution is -0.121. The predicted molar refractivity (Wildman–Crippen MR) is 64.2 cm³/mol. The Balaban J connectivity index is 2.16. The summed E-state index contributed by atoms with van der Waals surface area (Å²) in [4.78, 5) is 11.2. The Morgan fingerprint density at radius 3 is 3.13 bits per heavy atom. The van der Waals surface area contributed by atoms with E-state index >= 15 is 0 Å². The third-order valence-electron chi connectivity index (χ3n) is 1.95. The van der Waals surface area contributed by atoms with Gasteiger partial charge in [-0.1, -0.05) is 19.8 Å². The minimum atomic E-state index is -0.00469. The molecule has 0 radical (unpaired) electrons. The summed E-state index contributed by atoms with van der Waals surface area (Å²) in [7, 11) is 0. The molecule has 0 saturated heterocycles. The van der Waals surface area contributed by atoms with E-state index in [9.17, 15) is 4.79 Å². The second kappa shape index (κ2) is 7.17. The topological polar surface area (TPSA) is 41.5 Å². The van der Waals surface area contributed by atoms with Gasteiger partial charge in [0.25, 0.3) is 0 Å². The van der Waals surface area contributed by atoms with Gasteiger partial charge in [-0.05, 0) is 23.2 Å². The molecule has 82 valence electrons. The fourth-order valence-corrected chi connectivity index (χ4v) is 1.73. The number of nitrogens with one attached hydrogen (secondary N) is 1. The van der Waals surface area contributed by atoms with E-state index in [4.69, 9.17) is 0 Å². The lowest BCUT2D eigenvalue weighted by Crippen LogP contribution is -2.16. The van der Waals surface area contributed by atoms with Crippen LogP contribution < -0.4 is 5.43 Å². The first-order valence-corrected chi connectivity index (χ1v) is 6.11. The Bertz CT molecular complexity index is 306. The summed E-state index contributed by atoms with van der Waals surface area (Å²) >= 11 is 1.61. The van der Waals surface area contributed by atoms with E-state index < -0.39 is 0 Å². The molecule has 0 bridgehead atoms. The molecule has 0 unspecified atom stereocenters. The molecular formula is C11H16N2OS. The number of carbonyl (C=O) groups is 1. The molecular weight excluding hydrogens is 208 g/mol. The Kier molecular flexibility index (Phi) is 5.70. The van der Waals surface area contributed by atoms with Crippen LogP contribution in [0.3, 0.4) is 0 Å². The third-order valence-corrected chi connectivity index (χ3v) is 2.65. The van der Waals surface area contributed by atoms with Crippen molar-refractivity contribution in [3.8, 4) is 0 Å². The number of hydrogen-bond donors (Lipinski definition) is 1. The lowest BCUT2D eigenvalue weighted by Gasteiger charge is -1.97. The average Bonchev–Trinajstić information content (AvgIpc) is 2.71. The molecule has 0 aliphatic carbocycles. The smallest absolute Gasteiger partial charge is 0.240 e. The van der Waals surface area contributed by atoms with Gasteiger partial charge in [-0.2, -0.15) is 16.4 Å². The van der Waals surface area contributed by atoms with Crippen LogP contribution in [0.5, 0.6) is 0 Å². The minimum absolute atomic E-state index is 0.00469. The third kappa shape index (κ3) is 5.32. The summed E-state index contributed by atoms with van der Waals surface area (Å²) in [5.41, 5.74) is 3.54. The molecule has 1 aromatic rings. The average molecular weight is 224 g/mol. The van der Waals surface area contributed by atoms with Crippen LogP contribution >= 0.6 is 11.3 Å². The number of amides is 1. The van der Waals surface area contributed by atoms with Crippen molar-refractivity contribution in [3.63, 3.8) is 0 Å². The quantitative estimate of drug-likeness (QED) is 0.450.